The van der Waals surface area contributed by atoms with E-state index in [4.69, 9.17) is 9.47 Å². The van der Waals surface area contributed by atoms with Gasteiger partial charge in [0.15, 0.2) is 6.29 Å². The second-order valence-electron chi connectivity index (χ2n) is 8.25. The van der Waals surface area contributed by atoms with E-state index in [1.807, 2.05) is 34.6 Å². The van der Waals surface area contributed by atoms with Crippen LogP contribution < -0.4 is 4.90 Å². The average Bonchev–Trinajstić information content (AvgIpc) is 2.58. The Morgan fingerprint density at radius 2 is 1.85 bits per heavy atom. The van der Waals surface area contributed by atoms with Crippen LogP contribution in [-0.2, 0) is 9.47 Å². The highest BCUT2D eigenvalue weighted by Crippen LogP contribution is 2.30. The van der Waals surface area contributed by atoms with Crippen molar-refractivity contribution in [3.05, 3.63) is 29.3 Å². The summed E-state index contributed by atoms with van der Waals surface area (Å²) in [5.74, 6) is -0.544. The normalized spacial score (nSPS) is 16.7. The molecule has 0 spiro atoms. The molecular formula is C20H28N2O5. The highest BCUT2D eigenvalue weighted by Gasteiger charge is 2.37. The molecule has 148 valence electrons. The van der Waals surface area contributed by atoms with E-state index < -0.39 is 11.6 Å². The Hall–Kier alpha value is -2.57. The van der Waals surface area contributed by atoms with Gasteiger partial charge in [-0.05, 0) is 52.8 Å². The predicted molar refractivity (Wildman–Crippen MR) is 102 cm³/mol. The SMILES string of the molecule is COC(=O)c1ccc(N2CCN(C(=O)OC(C)(C)C)CC2(C)C)cc1C=O. The quantitative estimate of drug-likeness (QED) is 0.596. The lowest BCUT2D eigenvalue weighted by molar-refractivity contribution is 0.0179. The van der Waals surface area contributed by atoms with Gasteiger partial charge in [-0.2, -0.15) is 0 Å². The largest absolute Gasteiger partial charge is 0.465 e. The van der Waals surface area contributed by atoms with Gasteiger partial charge in [0, 0.05) is 30.9 Å². The van der Waals surface area contributed by atoms with Crippen molar-refractivity contribution in [2.24, 2.45) is 0 Å². The number of nitrogens with zero attached hydrogens (tertiary/aromatic N) is 2. The highest BCUT2D eigenvalue weighted by atomic mass is 16.6. The molecule has 7 heteroatoms. The zero-order valence-corrected chi connectivity index (χ0v) is 16.9. The lowest BCUT2D eigenvalue weighted by atomic mass is 9.96. The van der Waals surface area contributed by atoms with Crippen LogP contribution in [0.4, 0.5) is 10.5 Å². The maximum atomic E-state index is 12.4. The summed E-state index contributed by atoms with van der Waals surface area (Å²) in [5, 5.41) is 0. The summed E-state index contributed by atoms with van der Waals surface area (Å²) in [7, 11) is 1.28. The van der Waals surface area contributed by atoms with Crippen molar-refractivity contribution in [3.63, 3.8) is 0 Å². The molecule has 0 N–H and O–H groups in total. The van der Waals surface area contributed by atoms with Gasteiger partial charge in [0.1, 0.15) is 5.60 Å². The van der Waals surface area contributed by atoms with Gasteiger partial charge in [0.05, 0.1) is 18.2 Å². The first-order valence-corrected chi connectivity index (χ1v) is 8.91. The number of anilines is 1. The Balaban J connectivity index is 2.22. The zero-order valence-electron chi connectivity index (χ0n) is 16.9. The first kappa shape index (κ1) is 20.7. The first-order chi connectivity index (χ1) is 12.5. The number of esters is 1. The molecule has 1 saturated heterocycles. The van der Waals surface area contributed by atoms with Crippen molar-refractivity contribution in [2.75, 3.05) is 31.6 Å². The summed E-state index contributed by atoms with van der Waals surface area (Å²) in [6.07, 6.45) is 0.324. The molecule has 0 unspecified atom stereocenters. The molecular weight excluding hydrogens is 348 g/mol. The predicted octanol–water partition coefficient (Wildman–Crippen LogP) is 3.12. The van der Waals surface area contributed by atoms with Crippen LogP contribution in [0.1, 0.15) is 55.3 Å². The number of amides is 1. The summed E-state index contributed by atoms with van der Waals surface area (Å²) in [6, 6.07) is 5.08. The average molecular weight is 376 g/mol. The fourth-order valence-corrected chi connectivity index (χ4v) is 3.23. The van der Waals surface area contributed by atoms with Gasteiger partial charge in [-0.15, -0.1) is 0 Å². The molecule has 1 heterocycles. The second-order valence-corrected chi connectivity index (χ2v) is 8.25. The molecule has 1 aromatic rings. The number of rotatable bonds is 3. The number of piperazine rings is 1. The van der Waals surface area contributed by atoms with Crippen LogP contribution in [0.2, 0.25) is 0 Å². The number of methoxy groups -OCH3 is 1. The van der Waals surface area contributed by atoms with Gasteiger partial charge in [0.25, 0.3) is 0 Å². The van der Waals surface area contributed by atoms with E-state index in [0.717, 1.165) is 5.69 Å². The summed E-state index contributed by atoms with van der Waals surface area (Å²) in [4.78, 5) is 39.4. The van der Waals surface area contributed by atoms with Crippen molar-refractivity contribution >= 4 is 24.0 Å². The topological polar surface area (TPSA) is 76.2 Å². The number of ether oxygens (including phenoxy) is 2. The Morgan fingerprint density at radius 1 is 1.19 bits per heavy atom. The van der Waals surface area contributed by atoms with E-state index >= 15 is 0 Å². The molecule has 7 nitrogen and oxygen atoms in total. The van der Waals surface area contributed by atoms with Gasteiger partial charge in [0.2, 0.25) is 0 Å². The number of benzene rings is 1. The van der Waals surface area contributed by atoms with Gasteiger partial charge < -0.3 is 19.3 Å². The van der Waals surface area contributed by atoms with E-state index in [-0.39, 0.29) is 22.8 Å². The molecule has 27 heavy (non-hydrogen) atoms. The lowest BCUT2D eigenvalue weighted by Crippen LogP contribution is -2.61. The molecule has 2 rings (SSSR count). The number of hydrogen-bond acceptors (Lipinski definition) is 6. The molecule has 0 saturated carbocycles. The van der Waals surface area contributed by atoms with Crippen molar-refractivity contribution in [1.82, 2.24) is 4.90 Å². The summed E-state index contributed by atoms with van der Waals surface area (Å²) < 4.78 is 10.2. The number of hydrogen-bond donors (Lipinski definition) is 0. The van der Waals surface area contributed by atoms with Crippen molar-refractivity contribution in [3.8, 4) is 0 Å². The minimum atomic E-state index is -0.544. The molecule has 0 bridgehead atoms. The first-order valence-electron chi connectivity index (χ1n) is 8.91. The van der Waals surface area contributed by atoms with Gasteiger partial charge >= 0.3 is 12.1 Å². The molecule has 1 aliphatic heterocycles. The number of aldehydes is 1. The fourth-order valence-electron chi connectivity index (χ4n) is 3.23. The van der Waals surface area contributed by atoms with E-state index in [1.54, 1.807) is 23.1 Å². The van der Waals surface area contributed by atoms with Crippen LogP contribution in [0.3, 0.4) is 0 Å². The smallest absolute Gasteiger partial charge is 0.410 e. The molecule has 1 amide bonds. The van der Waals surface area contributed by atoms with Crippen molar-refractivity contribution < 1.29 is 23.9 Å². The van der Waals surface area contributed by atoms with Crippen LogP contribution in [0.25, 0.3) is 0 Å². The van der Waals surface area contributed by atoms with E-state index in [0.29, 0.717) is 25.9 Å². The van der Waals surface area contributed by atoms with Gasteiger partial charge in [-0.3, -0.25) is 4.79 Å². The Morgan fingerprint density at radius 3 is 2.37 bits per heavy atom. The number of carbonyl (C=O) groups excluding carboxylic acids is 3. The van der Waals surface area contributed by atoms with Gasteiger partial charge in [-0.1, -0.05) is 0 Å². The third kappa shape index (κ3) is 4.78. The molecule has 1 fully saturated rings. The maximum Gasteiger partial charge on any atom is 0.410 e. The van der Waals surface area contributed by atoms with E-state index in [9.17, 15) is 14.4 Å². The third-order valence-electron chi connectivity index (χ3n) is 4.43. The minimum absolute atomic E-state index is 0.237. The molecule has 0 aromatic heterocycles. The standard InChI is InChI=1S/C20H28N2O5/c1-19(2,3)27-18(25)21-9-10-22(20(4,5)13-21)15-7-8-16(17(24)26-6)14(11-15)12-23/h7-8,11-12H,9-10,13H2,1-6H3. The van der Waals surface area contributed by atoms with Crippen LogP contribution in [0.5, 0.6) is 0 Å². The van der Waals surface area contributed by atoms with Crippen molar-refractivity contribution in [2.45, 2.75) is 45.8 Å². The Labute approximate surface area is 160 Å². The molecule has 0 atom stereocenters. The second kappa shape index (κ2) is 7.58. The van der Waals surface area contributed by atoms with Crippen LogP contribution in [-0.4, -0.2) is 61.1 Å². The van der Waals surface area contributed by atoms with Gasteiger partial charge in [-0.25, -0.2) is 9.59 Å². The van der Waals surface area contributed by atoms with Crippen LogP contribution in [0, 0.1) is 0 Å². The summed E-state index contributed by atoms with van der Waals surface area (Å²) in [6.45, 7) is 11.2. The summed E-state index contributed by atoms with van der Waals surface area (Å²) in [5.41, 5.74) is 0.424. The summed E-state index contributed by atoms with van der Waals surface area (Å²) >= 11 is 0. The van der Waals surface area contributed by atoms with E-state index in [1.165, 1.54) is 7.11 Å². The maximum absolute atomic E-state index is 12.4. The molecule has 1 aliphatic rings. The Bertz CT molecular complexity index is 736. The van der Waals surface area contributed by atoms with Crippen LogP contribution in [0.15, 0.2) is 18.2 Å². The molecule has 1 aromatic carbocycles. The zero-order chi connectivity index (χ0) is 20.4. The van der Waals surface area contributed by atoms with Crippen LogP contribution >= 0.6 is 0 Å². The highest BCUT2D eigenvalue weighted by molar-refractivity contribution is 5.99. The molecule has 0 radical (unpaired) electrons. The third-order valence-corrected chi connectivity index (χ3v) is 4.43. The fraction of sp³-hybridized carbons (Fsp3) is 0.550. The number of carbonyl (C=O) groups is 3. The molecule has 0 aliphatic carbocycles. The van der Waals surface area contributed by atoms with E-state index in [2.05, 4.69) is 4.90 Å². The Kier molecular flexibility index (Phi) is 5.82. The lowest BCUT2D eigenvalue weighted by Gasteiger charge is -2.48. The monoisotopic (exact) mass is 376 g/mol. The van der Waals surface area contributed by atoms with Crippen molar-refractivity contribution in [1.29, 1.82) is 0 Å². The minimum Gasteiger partial charge on any atom is -0.465 e.